The minimum atomic E-state index is -0.493. The zero-order valence-corrected chi connectivity index (χ0v) is 15.4. The molecule has 0 spiro atoms. The van der Waals surface area contributed by atoms with Gasteiger partial charge in [0.05, 0.1) is 24.3 Å². The normalized spacial score (nSPS) is 15.7. The number of rotatable bonds is 6. The van der Waals surface area contributed by atoms with Gasteiger partial charge in [0.1, 0.15) is 12.0 Å². The van der Waals surface area contributed by atoms with Crippen molar-refractivity contribution < 1.29 is 13.9 Å². The second kappa shape index (κ2) is 8.98. The van der Waals surface area contributed by atoms with E-state index >= 15 is 0 Å². The smallest absolute Gasteiger partial charge is 0.337 e. The van der Waals surface area contributed by atoms with Crippen molar-refractivity contribution >= 4 is 11.7 Å². The first kappa shape index (κ1) is 19.3. The molecule has 6 heteroatoms. The van der Waals surface area contributed by atoms with E-state index < -0.39 is 12.1 Å². The summed E-state index contributed by atoms with van der Waals surface area (Å²) in [6, 6.07) is 15.8. The second-order valence-electron chi connectivity index (χ2n) is 6.26. The Hall–Kier alpha value is -3.43. The fraction of sp³-hybridized carbons (Fsp3) is 0.182. The van der Waals surface area contributed by atoms with Crippen molar-refractivity contribution in [1.29, 1.82) is 5.26 Å². The Morgan fingerprint density at radius 1 is 1.25 bits per heavy atom. The van der Waals surface area contributed by atoms with E-state index in [1.807, 2.05) is 18.2 Å². The molecule has 0 aromatic heterocycles. The first-order valence-corrected chi connectivity index (χ1v) is 8.86. The predicted molar refractivity (Wildman–Crippen MR) is 104 cm³/mol. The molecule has 5 nitrogen and oxygen atoms in total. The summed E-state index contributed by atoms with van der Waals surface area (Å²) in [6.45, 7) is 0.516. The molecule has 142 valence electrons. The van der Waals surface area contributed by atoms with E-state index in [2.05, 4.69) is 16.7 Å². The molecule has 0 aliphatic carbocycles. The number of benzene rings is 2. The van der Waals surface area contributed by atoms with E-state index in [1.54, 1.807) is 30.4 Å². The lowest BCUT2D eigenvalue weighted by Gasteiger charge is -2.27. The van der Waals surface area contributed by atoms with Crippen LogP contribution >= 0.6 is 0 Å². The molecule has 1 aliphatic heterocycles. The van der Waals surface area contributed by atoms with Gasteiger partial charge in [-0.2, -0.15) is 5.26 Å². The first-order valence-electron chi connectivity index (χ1n) is 8.86. The number of methoxy groups -OCH3 is 1. The maximum Gasteiger partial charge on any atom is 0.337 e. The first-order chi connectivity index (χ1) is 13.6. The van der Waals surface area contributed by atoms with Crippen molar-refractivity contribution in [3.05, 3.63) is 88.8 Å². The summed E-state index contributed by atoms with van der Waals surface area (Å²) in [7, 11) is 1.33. The highest BCUT2D eigenvalue weighted by molar-refractivity contribution is 5.92. The number of hydrogen-bond acceptors (Lipinski definition) is 5. The number of carbonyl (C=O) groups excluding carboxylic acids is 1. The number of esters is 1. The molecule has 28 heavy (non-hydrogen) atoms. The Kier molecular flexibility index (Phi) is 6.20. The van der Waals surface area contributed by atoms with Gasteiger partial charge in [0.2, 0.25) is 0 Å². The number of ether oxygens (including phenoxy) is 1. The molecule has 2 aromatic carbocycles. The molecule has 1 atom stereocenters. The molecule has 0 saturated carbocycles. The standard InChI is InChI=1S/C22H20FN3O2/c1-28-22(27)19-9-10-20(18-8-3-2-6-16(18)14-24)26-21(19)25-12-11-15-5-4-7-17(23)13-15/h2-10,13,21,25-26H,11-12H2,1H3. The van der Waals surface area contributed by atoms with Gasteiger partial charge in [-0.1, -0.05) is 30.3 Å². The van der Waals surface area contributed by atoms with E-state index in [4.69, 9.17) is 4.74 Å². The van der Waals surface area contributed by atoms with E-state index in [0.29, 0.717) is 24.1 Å². The number of nitrogens with one attached hydrogen (secondary N) is 2. The van der Waals surface area contributed by atoms with Crippen LogP contribution in [0.3, 0.4) is 0 Å². The molecule has 1 aliphatic rings. The molecule has 0 bridgehead atoms. The van der Waals surface area contributed by atoms with E-state index in [0.717, 1.165) is 16.8 Å². The number of halogens is 1. The maximum atomic E-state index is 13.3. The summed E-state index contributed by atoms with van der Waals surface area (Å²) >= 11 is 0. The minimum absolute atomic E-state index is 0.276. The van der Waals surface area contributed by atoms with Gasteiger partial charge in [0, 0.05) is 17.8 Å². The lowest BCUT2D eigenvalue weighted by molar-refractivity contribution is -0.136. The molecule has 3 rings (SSSR count). The Balaban J connectivity index is 1.77. The molecule has 0 fully saturated rings. The lowest BCUT2D eigenvalue weighted by atomic mass is 10.0. The summed E-state index contributed by atoms with van der Waals surface area (Å²) in [6.07, 6.45) is 3.55. The Morgan fingerprint density at radius 3 is 2.82 bits per heavy atom. The summed E-state index contributed by atoms with van der Waals surface area (Å²) in [5, 5.41) is 15.9. The summed E-state index contributed by atoms with van der Waals surface area (Å²) in [5.74, 6) is -0.721. The van der Waals surface area contributed by atoms with Crippen LogP contribution in [0.25, 0.3) is 5.70 Å². The SMILES string of the molecule is COC(=O)C1=CC=C(c2ccccc2C#N)NC1NCCc1cccc(F)c1. The van der Waals surface area contributed by atoms with Crippen molar-refractivity contribution in [2.75, 3.05) is 13.7 Å². The van der Waals surface area contributed by atoms with E-state index in [-0.39, 0.29) is 5.82 Å². The maximum absolute atomic E-state index is 13.3. The van der Waals surface area contributed by atoms with E-state index in [1.165, 1.54) is 19.2 Å². The molecule has 2 aromatic rings. The molecule has 2 N–H and O–H groups in total. The van der Waals surface area contributed by atoms with Crippen LogP contribution in [0.2, 0.25) is 0 Å². The van der Waals surface area contributed by atoms with Crippen LogP contribution in [0.4, 0.5) is 4.39 Å². The monoisotopic (exact) mass is 377 g/mol. The van der Waals surface area contributed by atoms with Crippen LogP contribution in [0.1, 0.15) is 16.7 Å². The van der Waals surface area contributed by atoms with Crippen LogP contribution in [0.15, 0.2) is 66.3 Å². The van der Waals surface area contributed by atoms with Crippen molar-refractivity contribution in [2.24, 2.45) is 0 Å². The highest BCUT2D eigenvalue weighted by atomic mass is 19.1. The number of nitriles is 1. The molecule has 0 radical (unpaired) electrons. The molecule has 1 heterocycles. The fourth-order valence-electron chi connectivity index (χ4n) is 3.05. The Bertz CT molecular complexity index is 976. The lowest BCUT2D eigenvalue weighted by Crippen LogP contribution is -2.47. The van der Waals surface area contributed by atoms with Crippen LogP contribution in [-0.2, 0) is 16.0 Å². The van der Waals surface area contributed by atoms with Crippen molar-refractivity contribution in [2.45, 2.75) is 12.6 Å². The summed E-state index contributed by atoms with van der Waals surface area (Å²) in [5.41, 5.74) is 3.31. The Morgan fingerprint density at radius 2 is 2.07 bits per heavy atom. The number of allylic oxidation sites excluding steroid dienone is 2. The van der Waals surface area contributed by atoms with Crippen molar-refractivity contribution in [3.8, 4) is 6.07 Å². The van der Waals surface area contributed by atoms with Gasteiger partial charge < -0.3 is 10.1 Å². The number of nitrogens with zero attached hydrogens (tertiary/aromatic N) is 1. The van der Waals surface area contributed by atoms with Gasteiger partial charge >= 0.3 is 5.97 Å². The van der Waals surface area contributed by atoms with Crippen LogP contribution in [0, 0.1) is 17.1 Å². The van der Waals surface area contributed by atoms with Gasteiger partial charge in [-0.05, 0) is 42.3 Å². The highest BCUT2D eigenvalue weighted by Gasteiger charge is 2.25. The third-order valence-corrected chi connectivity index (χ3v) is 4.45. The van der Waals surface area contributed by atoms with Crippen LogP contribution < -0.4 is 10.6 Å². The van der Waals surface area contributed by atoms with Crippen LogP contribution in [-0.4, -0.2) is 25.8 Å². The zero-order valence-electron chi connectivity index (χ0n) is 15.4. The summed E-state index contributed by atoms with van der Waals surface area (Å²) < 4.78 is 18.2. The van der Waals surface area contributed by atoms with Gasteiger partial charge in [0.25, 0.3) is 0 Å². The van der Waals surface area contributed by atoms with Gasteiger partial charge in [-0.3, -0.25) is 5.32 Å². The quantitative estimate of drug-likeness (QED) is 0.758. The summed E-state index contributed by atoms with van der Waals surface area (Å²) in [4.78, 5) is 12.1. The van der Waals surface area contributed by atoms with Crippen molar-refractivity contribution in [1.82, 2.24) is 10.6 Å². The number of dihydropyridines is 1. The number of carbonyl (C=O) groups is 1. The van der Waals surface area contributed by atoms with Gasteiger partial charge in [-0.25, -0.2) is 9.18 Å². The minimum Gasteiger partial charge on any atom is -0.466 e. The third-order valence-electron chi connectivity index (χ3n) is 4.45. The Labute approximate surface area is 163 Å². The van der Waals surface area contributed by atoms with E-state index in [9.17, 15) is 14.4 Å². The third kappa shape index (κ3) is 4.45. The topological polar surface area (TPSA) is 74.2 Å². The molecule has 1 unspecified atom stereocenters. The predicted octanol–water partition coefficient (Wildman–Crippen LogP) is 2.90. The molecular weight excluding hydrogens is 357 g/mol. The molecule has 0 amide bonds. The second-order valence-corrected chi connectivity index (χ2v) is 6.26. The van der Waals surface area contributed by atoms with Crippen LogP contribution in [0.5, 0.6) is 0 Å². The zero-order chi connectivity index (χ0) is 19.9. The average molecular weight is 377 g/mol. The molecular formula is C22H20FN3O2. The largest absolute Gasteiger partial charge is 0.466 e. The van der Waals surface area contributed by atoms with Gasteiger partial charge in [-0.15, -0.1) is 0 Å². The van der Waals surface area contributed by atoms with Crippen molar-refractivity contribution in [3.63, 3.8) is 0 Å². The number of hydrogen-bond donors (Lipinski definition) is 2. The molecule has 0 saturated heterocycles. The van der Waals surface area contributed by atoms with Gasteiger partial charge in [0.15, 0.2) is 0 Å². The highest BCUT2D eigenvalue weighted by Crippen LogP contribution is 2.22. The fourth-order valence-corrected chi connectivity index (χ4v) is 3.05. The average Bonchev–Trinajstić information content (AvgIpc) is 2.73.